The maximum atomic E-state index is 11.8. The summed E-state index contributed by atoms with van der Waals surface area (Å²) in [6.07, 6.45) is 12.1. The number of aryl methyl sites for hydroxylation is 4. The number of nitrogens with zero attached hydrogens (tertiary/aromatic N) is 10. The summed E-state index contributed by atoms with van der Waals surface area (Å²) in [4.78, 5) is 46.8. The summed E-state index contributed by atoms with van der Waals surface area (Å²) in [6, 6.07) is 12.2. The zero-order valence-electron chi connectivity index (χ0n) is 34.5. The minimum absolute atomic E-state index is 0.116. The highest BCUT2D eigenvalue weighted by Crippen LogP contribution is 2.36. The van der Waals surface area contributed by atoms with E-state index in [1.807, 2.05) is 79.7 Å². The SMILES string of the molecule is CC1(C)OB(c2cnc(N)nc2)OC1(C)C.Cc1cc(C)cc(-c2ncn(/C=C(/C(N)=O)c3cnc(N)nc3)n2)c1.Cc1cc(C)cc(-c2ncn(/C=C(\Br)C(N)=O)n2)c1. The van der Waals surface area contributed by atoms with E-state index in [2.05, 4.69) is 68.2 Å². The van der Waals surface area contributed by atoms with Crippen LogP contribution in [0.1, 0.15) is 55.5 Å². The largest absolute Gasteiger partial charge is 0.498 e. The molecule has 310 valence electrons. The molecule has 0 bridgehead atoms. The monoisotopic (exact) mass is 876 g/mol. The molecule has 60 heavy (non-hydrogen) atoms. The molecule has 1 aliphatic rings. The van der Waals surface area contributed by atoms with Crippen molar-refractivity contribution >= 4 is 70.2 Å². The fourth-order valence-electron chi connectivity index (χ4n) is 5.66. The molecule has 6 aromatic rings. The second-order valence-electron chi connectivity index (χ2n) is 14.9. The summed E-state index contributed by atoms with van der Waals surface area (Å²) >= 11 is 3.07. The van der Waals surface area contributed by atoms with Crippen LogP contribution in [0.4, 0.5) is 11.9 Å². The van der Waals surface area contributed by atoms with Gasteiger partial charge in [0.15, 0.2) is 11.6 Å². The summed E-state index contributed by atoms with van der Waals surface area (Å²) < 4.78 is 14.8. The van der Waals surface area contributed by atoms with Crippen LogP contribution in [-0.2, 0) is 18.9 Å². The lowest BCUT2D eigenvalue weighted by Crippen LogP contribution is -2.41. The highest BCUT2D eigenvalue weighted by Gasteiger charge is 2.52. The lowest BCUT2D eigenvalue weighted by atomic mass is 9.81. The van der Waals surface area contributed by atoms with Crippen LogP contribution in [0.3, 0.4) is 0 Å². The van der Waals surface area contributed by atoms with Crippen molar-refractivity contribution in [3.63, 3.8) is 0 Å². The minimum Gasteiger partial charge on any atom is -0.399 e. The Kier molecular flexibility index (Phi) is 13.7. The third-order valence-corrected chi connectivity index (χ3v) is 9.78. The van der Waals surface area contributed by atoms with E-state index in [4.69, 9.17) is 32.2 Å². The van der Waals surface area contributed by atoms with Crippen molar-refractivity contribution in [2.45, 2.75) is 66.6 Å². The molecule has 5 heterocycles. The van der Waals surface area contributed by atoms with Crippen molar-refractivity contribution in [3.05, 3.63) is 106 Å². The van der Waals surface area contributed by atoms with Crippen molar-refractivity contribution in [1.82, 2.24) is 49.5 Å². The number of carbonyl (C=O) groups is 2. The Morgan fingerprint density at radius 2 is 1.03 bits per heavy atom. The number of primary amides is 2. The van der Waals surface area contributed by atoms with Crippen LogP contribution >= 0.6 is 15.9 Å². The van der Waals surface area contributed by atoms with E-state index >= 15 is 0 Å². The summed E-state index contributed by atoms with van der Waals surface area (Å²) in [5, 5.41) is 8.66. The number of carbonyl (C=O) groups excluding carboxylic acids is 2. The minimum atomic E-state index is -0.628. The molecule has 18 nitrogen and oxygen atoms in total. The predicted molar refractivity (Wildman–Crippen MR) is 234 cm³/mol. The molecule has 7 rings (SSSR count). The Balaban J connectivity index is 0.000000176. The second kappa shape index (κ2) is 18.5. The molecule has 0 spiro atoms. The predicted octanol–water partition coefficient (Wildman–Crippen LogP) is 4.02. The van der Waals surface area contributed by atoms with Gasteiger partial charge in [-0.15, -0.1) is 10.2 Å². The third kappa shape index (κ3) is 11.5. The third-order valence-electron chi connectivity index (χ3n) is 9.18. The van der Waals surface area contributed by atoms with Gasteiger partial charge in [-0.25, -0.2) is 39.3 Å². The summed E-state index contributed by atoms with van der Waals surface area (Å²) in [7, 11) is -0.425. The van der Waals surface area contributed by atoms with Crippen LogP contribution < -0.4 is 28.4 Å². The molecule has 8 N–H and O–H groups in total. The van der Waals surface area contributed by atoms with E-state index < -0.39 is 18.9 Å². The van der Waals surface area contributed by atoms with Crippen LogP contribution in [-0.4, -0.2) is 79.6 Å². The number of nitrogens with two attached hydrogens (primary N) is 4. The molecule has 2 amide bonds. The first-order valence-corrected chi connectivity index (χ1v) is 19.2. The molecule has 4 aromatic heterocycles. The van der Waals surface area contributed by atoms with Crippen molar-refractivity contribution in [2.24, 2.45) is 11.5 Å². The fraction of sp³-hybridized carbons (Fsp3) is 0.250. The molecule has 0 saturated carbocycles. The lowest BCUT2D eigenvalue weighted by Gasteiger charge is -2.32. The lowest BCUT2D eigenvalue weighted by molar-refractivity contribution is -0.114. The first kappa shape index (κ1) is 44.5. The van der Waals surface area contributed by atoms with Gasteiger partial charge in [-0.1, -0.05) is 34.4 Å². The van der Waals surface area contributed by atoms with Gasteiger partial charge in [0.2, 0.25) is 11.9 Å². The number of anilines is 2. The number of benzene rings is 2. The number of hydrogen-bond acceptors (Lipinski definition) is 14. The Hall–Kier alpha value is -6.64. The number of halogens is 1. The Labute approximate surface area is 355 Å². The summed E-state index contributed by atoms with van der Waals surface area (Å²) in [6.45, 7) is 16.1. The van der Waals surface area contributed by atoms with Crippen molar-refractivity contribution in [2.75, 3.05) is 11.5 Å². The van der Waals surface area contributed by atoms with E-state index in [-0.39, 0.29) is 33.2 Å². The Bertz CT molecular complexity index is 2500. The maximum Gasteiger partial charge on any atom is 0.498 e. The average Bonchev–Trinajstić information content (AvgIpc) is 3.89. The zero-order valence-corrected chi connectivity index (χ0v) is 36.0. The maximum absolute atomic E-state index is 11.8. The molecule has 20 heteroatoms. The molecule has 0 atom stereocenters. The number of aromatic nitrogens is 10. The van der Waals surface area contributed by atoms with E-state index in [1.54, 1.807) is 12.4 Å². The standard InChI is InChI=1S/C17H17N7O.C13H13BrN4O.C10H16BN3O2/c1-10-3-11(2)5-12(4-10)16-22-9-24(23-16)8-14(15(18)25)13-6-20-17(19)21-7-13;1-8-3-9(2)5-10(4-8)13-16-7-18(17-13)6-11(14)12(15)19;1-9(2)10(3,4)16-11(15-9)7-5-13-8(12)14-6-7/h3-9H,1-2H3,(H2,18,25)(H2,19,20,21);3-7H,1-2H3,(H2,15,19);5-6H,1-4H3,(H2,12,13,14)/b14-8+;11-6-;. The molecule has 0 aliphatic carbocycles. The van der Waals surface area contributed by atoms with Gasteiger partial charge in [-0.2, -0.15) is 0 Å². The average molecular weight is 878 g/mol. The van der Waals surface area contributed by atoms with E-state index in [1.165, 1.54) is 46.8 Å². The highest BCUT2D eigenvalue weighted by atomic mass is 79.9. The fourth-order valence-corrected chi connectivity index (χ4v) is 5.87. The number of amides is 2. The van der Waals surface area contributed by atoms with Gasteiger partial charge < -0.3 is 32.2 Å². The van der Waals surface area contributed by atoms with Crippen molar-refractivity contribution < 1.29 is 18.9 Å². The normalized spacial score (nSPS) is 14.4. The van der Waals surface area contributed by atoms with Gasteiger partial charge >= 0.3 is 7.12 Å². The van der Waals surface area contributed by atoms with E-state index in [0.29, 0.717) is 17.2 Å². The van der Waals surface area contributed by atoms with Crippen LogP contribution in [0, 0.1) is 27.7 Å². The Morgan fingerprint density at radius 1 is 0.633 bits per heavy atom. The molecular weight excluding hydrogens is 831 g/mol. The number of nitrogen functional groups attached to an aromatic ring is 2. The summed E-state index contributed by atoms with van der Waals surface area (Å²) in [5.41, 5.74) is 28.6. The molecular formula is C40H46BBrN14O4. The summed E-state index contributed by atoms with van der Waals surface area (Å²) in [5.74, 6) is 0.346. The molecule has 1 saturated heterocycles. The molecule has 0 unspecified atom stereocenters. The zero-order chi connectivity index (χ0) is 43.9. The first-order chi connectivity index (χ1) is 28.2. The van der Waals surface area contributed by atoms with E-state index in [0.717, 1.165) is 38.8 Å². The highest BCUT2D eigenvalue weighted by molar-refractivity contribution is 9.12. The van der Waals surface area contributed by atoms with Gasteiger partial charge in [0, 0.05) is 53.1 Å². The van der Waals surface area contributed by atoms with Gasteiger partial charge in [-0.3, -0.25) is 9.59 Å². The number of hydrogen-bond donors (Lipinski definition) is 4. The quantitative estimate of drug-likeness (QED) is 0.124. The second-order valence-corrected chi connectivity index (χ2v) is 15.7. The van der Waals surface area contributed by atoms with Crippen molar-refractivity contribution in [3.8, 4) is 22.8 Å². The van der Waals surface area contributed by atoms with Crippen LogP contribution in [0.15, 0.2) is 78.3 Å². The van der Waals surface area contributed by atoms with Gasteiger partial charge in [0.05, 0.1) is 23.0 Å². The Morgan fingerprint density at radius 3 is 1.43 bits per heavy atom. The first-order valence-electron chi connectivity index (χ1n) is 18.4. The van der Waals surface area contributed by atoms with Crippen molar-refractivity contribution in [1.29, 1.82) is 0 Å². The molecule has 1 fully saturated rings. The number of rotatable bonds is 8. The van der Waals surface area contributed by atoms with Crippen LogP contribution in [0.2, 0.25) is 0 Å². The molecule has 1 aliphatic heterocycles. The molecule has 2 aromatic carbocycles. The molecule has 0 radical (unpaired) electrons. The topological polar surface area (TPSA) is 270 Å². The van der Waals surface area contributed by atoms with Crippen LogP contribution in [0.25, 0.3) is 40.7 Å². The van der Waals surface area contributed by atoms with E-state index in [9.17, 15) is 9.59 Å². The smallest absolute Gasteiger partial charge is 0.399 e. The van der Waals surface area contributed by atoms with Gasteiger partial charge in [0.25, 0.3) is 11.8 Å². The van der Waals surface area contributed by atoms with Gasteiger partial charge in [0.1, 0.15) is 17.1 Å². The van der Waals surface area contributed by atoms with Crippen LogP contribution in [0.5, 0.6) is 0 Å². The van der Waals surface area contributed by atoms with Gasteiger partial charge in [-0.05, 0) is 95.6 Å².